The Kier molecular flexibility index (Phi) is 5.95. The summed E-state index contributed by atoms with van der Waals surface area (Å²) in [5.74, 6) is 0.432. The van der Waals surface area contributed by atoms with E-state index in [1.807, 2.05) is 6.08 Å². The molecule has 23 heavy (non-hydrogen) atoms. The van der Waals surface area contributed by atoms with E-state index in [2.05, 4.69) is 15.2 Å². The highest BCUT2D eigenvalue weighted by atomic mass is 35.5. The van der Waals surface area contributed by atoms with Crippen molar-refractivity contribution < 1.29 is 12.9 Å². The second-order valence-corrected chi connectivity index (χ2v) is 6.75. The molecule has 1 aliphatic rings. The molecule has 2 N–H and O–H groups in total. The maximum absolute atomic E-state index is 12.6. The molecule has 8 heteroatoms. The molecule has 2 heterocycles. The summed E-state index contributed by atoms with van der Waals surface area (Å²) >= 11 is 0. The first-order valence-electron chi connectivity index (χ1n) is 7.05. The van der Waals surface area contributed by atoms with Crippen LogP contribution in [0, 0.1) is 0 Å². The first-order valence-corrected chi connectivity index (χ1v) is 8.53. The molecule has 0 spiro atoms. The third kappa shape index (κ3) is 4.20. The van der Waals surface area contributed by atoms with Crippen LogP contribution in [-0.4, -0.2) is 33.2 Å². The van der Waals surface area contributed by atoms with Gasteiger partial charge in [0.05, 0.1) is 11.1 Å². The van der Waals surface area contributed by atoms with Crippen LogP contribution in [0.5, 0.6) is 0 Å². The topological polar surface area (TPSA) is 84.2 Å². The van der Waals surface area contributed by atoms with E-state index in [9.17, 15) is 8.42 Å². The van der Waals surface area contributed by atoms with Crippen molar-refractivity contribution in [1.82, 2.24) is 15.2 Å². The van der Waals surface area contributed by atoms with Gasteiger partial charge in [-0.05, 0) is 25.1 Å². The van der Waals surface area contributed by atoms with Crippen molar-refractivity contribution in [3.05, 3.63) is 48.2 Å². The van der Waals surface area contributed by atoms with E-state index in [4.69, 9.17) is 4.52 Å². The molecule has 0 bridgehead atoms. The van der Waals surface area contributed by atoms with Gasteiger partial charge in [-0.25, -0.2) is 13.1 Å². The Balaban J connectivity index is 0.00000192. The van der Waals surface area contributed by atoms with E-state index in [1.54, 1.807) is 30.3 Å². The predicted molar refractivity (Wildman–Crippen MR) is 89.9 cm³/mol. The molecular weight excluding hydrogens is 338 g/mol. The zero-order chi connectivity index (χ0) is 15.4. The largest absolute Gasteiger partial charge is 0.356 e. The molecule has 6 nitrogen and oxygen atoms in total. The van der Waals surface area contributed by atoms with Gasteiger partial charge in [0, 0.05) is 24.7 Å². The maximum Gasteiger partial charge on any atom is 0.241 e. The molecule has 0 radical (unpaired) electrons. The molecule has 124 valence electrons. The number of sulfonamides is 1. The van der Waals surface area contributed by atoms with Gasteiger partial charge in [-0.3, -0.25) is 0 Å². The lowest BCUT2D eigenvalue weighted by Crippen LogP contribution is -2.30. The first kappa shape index (κ1) is 17.7. The van der Waals surface area contributed by atoms with Crippen molar-refractivity contribution in [2.24, 2.45) is 0 Å². The summed E-state index contributed by atoms with van der Waals surface area (Å²) in [7, 11) is -3.62. The molecule has 0 aliphatic carbocycles. The lowest BCUT2D eigenvalue weighted by Gasteiger charge is -2.15. The molecule has 3 rings (SSSR count). The highest BCUT2D eigenvalue weighted by molar-refractivity contribution is 7.89. The zero-order valence-electron chi connectivity index (χ0n) is 12.4. The van der Waals surface area contributed by atoms with Crippen molar-refractivity contribution in [1.29, 1.82) is 0 Å². The number of hydrogen-bond acceptors (Lipinski definition) is 5. The molecular formula is C15H18ClN3O3S. The summed E-state index contributed by atoms with van der Waals surface area (Å²) in [6, 6.07) is 8.38. The fraction of sp³-hybridized carbons (Fsp3) is 0.267. The van der Waals surface area contributed by atoms with Crippen molar-refractivity contribution >= 4 is 22.4 Å². The van der Waals surface area contributed by atoms with E-state index in [0.29, 0.717) is 17.9 Å². The van der Waals surface area contributed by atoms with E-state index in [0.717, 1.165) is 25.1 Å². The van der Waals surface area contributed by atoms with Crippen molar-refractivity contribution in [2.45, 2.75) is 11.3 Å². The Morgan fingerprint density at radius 1 is 1.26 bits per heavy atom. The van der Waals surface area contributed by atoms with E-state index in [-0.39, 0.29) is 17.3 Å². The molecule has 0 saturated carbocycles. The van der Waals surface area contributed by atoms with E-state index < -0.39 is 10.0 Å². The fourth-order valence-electron chi connectivity index (χ4n) is 2.35. The third-order valence-electron chi connectivity index (χ3n) is 3.53. The molecule has 0 fully saturated rings. The van der Waals surface area contributed by atoms with Crippen molar-refractivity contribution in [3.63, 3.8) is 0 Å². The Morgan fingerprint density at radius 3 is 2.78 bits per heavy atom. The number of halogens is 1. The van der Waals surface area contributed by atoms with E-state index in [1.165, 1.54) is 6.20 Å². The van der Waals surface area contributed by atoms with Gasteiger partial charge in [-0.15, -0.1) is 12.4 Å². The molecule has 0 atom stereocenters. The Bertz CT molecular complexity index is 773. The van der Waals surface area contributed by atoms with Crippen LogP contribution in [0.15, 0.2) is 57.6 Å². The van der Waals surface area contributed by atoms with Gasteiger partial charge in [0.25, 0.3) is 0 Å². The van der Waals surface area contributed by atoms with Gasteiger partial charge < -0.3 is 9.84 Å². The van der Waals surface area contributed by atoms with Crippen LogP contribution in [0.4, 0.5) is 0 Å². The third-order valence-corrected chi connectivity index (χ3v) is 4.99. The zero-order valence-corrected chi connectivity index (χ0v) is 14.0. The Hall–Kier alpha value is -1.67. The van der Waals surface area contributed by atoms with Crippen LogP contribution < -0.4 is 10.0 Å². The summed E-state index contributed by atoms with van der Waals surface area (Å²) in [6.07, 6.45) is 4.37. The molecule has 1 aromatic heterocycles. The number of benzene rings is 1. The van der Waals surface area contributed by atoms with Gasteiger partial charge in [0.15, 0.2) is 5.76 Å². The van der Waals surface area contributed by atoms with Crippen molar-refractivity contribution in [2.75, 3.05) is 19.6 Å². The molecule has 0 saturated heterocycles. The average molecular weight is 356 g/mol. The lowest BCUT2D eigenvalue weighted by molar-refractivity contribution is 0.431. The molecule has 0 amide bonds. The van der Waals surface area contributed by atoms with Crippen LogP contribution in [-0.2, 0) is 10.0 Å². The monoisotopic (exact) mass is 355 g/mol. The predicted octanol–water partition coefficient (Wildman–Crippen LogP) is 1.96. The second kappa shape index (κ2) is 7.74. The highest BCUT2D eigenvalue weighted by Crippen LogP contribution is 2.26. The van der Waals surface area contributed by atoms with Gasteiger partial charge in [-0.1, -0.05) is 28.9 Å². The minimum atomic E-state index is -3.62. The molecule has 0 unspecified atom stereocenters. The summed E-state index contributed by atoms with van der Waals surface area (Å²) in [5.41, 5.74) is 1.60. The standard InChI is InChI=1S/C15H17N3O3S.ClH/c19-22(20,18-11-12-5-8-16-9-6-12)15-4-2-1-3-13(15)14-7-10-17-21-14;/h1-5,7,10,16,18H,6,8-9,11H2;1H. The summed E-state index contributed by atoms with van der Waals surface area (Å²) in [4.78, 5) is 0.196. The first-order chi connectivity index (χ1) is 10.7. The summed E-state index contributed by atoms with van der Waals surface area (Å²) in [6.45, 7) is 1.99. The number of nitrogens with one attached hydrogen (secondary N) is 2. The fourth-order valence-corrected chi connectivity index (χ4v) is 3.60. The van der Waals surface area contributed by atoms with Gasteiger partial charge in [0.1, 0.15) is 0 Å². The highest BCUT2D eigenvalue weighted by Gasteiger charge is 2.20. The Morgan fingerprint density at radius 2 is 2.09 bits per heavy atom. The number of hydrogen-bond donors (Lipinski definition) is 2. The lowest BCUT2D eigenvalue weighted by atomic mass is 10.1. The second-order valence-electron chi connectivity index (χ2n) is 5.01. The smallest absolute Gasteiger partial charge is 0.241 e. The summed E-state index contributed by atoms with van der Waals surface area (Å²) < 4.78 is 32.9. The Labute approximate surface area is 141 Å². The number of aromatic nitrogens is 1. The average Bonchev–Trinajstić information content (AvgIpc) is 3.08. The van der Waals surface area contributed by atoms with Gasteiger partial charge in [0.2, 0.25) is 10.0 Å². The molecule has 1 aromatic carbocycles. The van der Waals surface area contributed by atoms with Crippen LogP contribution in [0.3, 0.4) is 0 Å². The summed E-state index contributed by atoms with van der Waals surface area (Å²) in [5, 5.41) is 6.83. The van der Waals surface area contributed by atoms with Crippen LogP contribution in [0.1, 0.15) is 6.42 Å². The number of rotatable bonds is 5. The maximum atomic E-state index is 12.6. The van der Waals surface area contributed by atoms with Crippen LogP contribution in [0.25, 0.3) is 11.3 Å². The quantitative estimate of drug-likeness (QED) is 0.801. The van der Waals surface area contributed by atoms with E-state index >= 15 is 0 Å². The normalized spacial score (nSPS) is 14.9. The minimum Gasteiger partial charge on any atom is -0.356 e. The van der Waals surface area contributed by atoms with Gasteiger partial charge >= 0.3 is 0 Å². The van der Waals surface area contributed by atoms with Crippen molar-refractivity contribution in [3.8, 4) is 11.3 Å². The SMILES string of the molecule is Cl.O=S(=O)(NCC1=CCNCC1)c1ccccc1-c1ccno1. The van der Waals surface area contributed by atoms with Crippen LogP contribution >= 0.6 is 12.4 Å². The van der Waals surface area contributed by atoms with Crippen LogP contribution in [0.2, 0.25) is 0 Å². The minimum absolute atomic E-state index is 0. The van der Waals surface area contributed by atoms with Gasteiger partial charge in [-0.2, -0.15) is 0 Å². The molecule has 1 aliphatic heterocycles. The molecule has 2 aromatic rings. The number of nitrogens with zero attached hydrogens (tertiary/aromatic N) is 1.